The molecule has 0 unspecified atom stereocenters. The number of hydrogen-bond acceptors (Lipinski definition) is 4. The summed E-state index contributed by atoms with van der Waals surface area (Å²) in [5, 5.41) is 10.6. The van der Waals surface area contributed by atoms with Crippen LogP contribution >= 0.6 is 0 Å². The molecule has 1 aromatic heterocycles. The minimum atomic E-state index is -0.821. The molecule has 0 spiro atoms. The Bertz CT molecular complexity index is 776. The summed E-state index contributed by atoms with van der Waals surface area (Å²) in [6.45, 7) is 3.18. The number of carbonyl (C=O) groups is 2. The Kier molecular flexibility index (Phi) is 4.68. The Morgan fingerprint density at radius 2 is 1.85 bits per heavy atom. The summed E-state index contributed by atoms with van der Waals surface area (Å²) < 4.78 is 5.88. The Balaban J connectivity index is 1.50. The third-order valence-electron chi connectivity index (χ3n) is 5.50. The van der Waals surface area contributed by atoms with E-state index in [9.17, 15) is 14.7 Å². The fraction of sp³-hybridized carbons (Fsp3) is 0.500. The van der Waals surface area contributed by atoms with Crippen LogP contribution in [-0.4, -0.2) is 53.0 Å². The highest BCUT2D eigenvalue weighted by molar-refractivity contribution is 5.81. The lowest BCUT2D eigenvalue weighted by atomic mass is 9.88. The van der Waals surface area contributed by atoms with Crippen LogP contribution in [0.5, 0.6) is 0 Å². The number of piperidine rings is 1. The zero-order chi connectivity index (χ0) is 18.1. The normalized spacial score (nSPS) is 24.2. The van der Waals surface area contributed by atoms with E-state index in [4.69, 9.17) is 4.42 Å². The number of para-hydroxylation sites is 1. The molecule has 2 aromatic rings. The van der Waals surface area contributed by atoms with Crippen molar-refractivity contribution in [3.05, 3.63) is 36.1 Å². The van der Waals surface area contributed by atoms with E-state index < -0.39 is 11.9 Å². The van der Waals surface area contributed by atoms with Crippen LogP contribution < -0.4 is 0 Å². The molecule has 2 aliphatic rings. The van der Waals surface area contributed by atoms with E-state index in [-0.39, 0.29) is 11.8 Å². The first-order valence-electron chi connectivity index (χ1n) is 9.31. The fourth-order valence-electron chi connectivity index (χ4n) is 4.21. The van der Waals surface area contributed by atoms with E-state index >= 15 is 0 Å². The van der Waals surface area contributed by atoms with Crippen LogP contribution in [0.2, 0.25) is 0 Å². The molecule has 3 heterocycles. The molecule has 0 aliphatic carbocycles. The standard InChI is InChI=1S/C20H24N2O4/c23-19(22-7-3-4-8-22)15-9-16(20(24)25)12-21(11-15)13-17-10-14-5-1-2-6-18(14)26-17/h1-2,5-6,10,15-16H,3-4,7-9,11-13H2,(H,24,25)/t15-,16-/m0/s1. The third-order valence-corrected chi connectivity index (χ3v) is 5.50. The minimum absolute atomic E-state index is 0.114. The summed E-state index contributed by atoms with van der Waals surface area (Å²) in [6, 6.07) is 9.82. The molecule has 1 amide bonds. The average molecular weight is 356 g/mol. The second-order valence-electron chi connectivity index (χ2n) is 7.44. The van der Waals surface area contributed by atoms with Crippen LogP contribution in [0.4, 0.5) is 0 Å². The molecular weight excluding hydrogens is 332 g/mol. The maximum Gasteiger partial charge on any atom is 0.307 e. The number of fused-ring (bicyclic) bond motifs is 1. The lowest BCUT2D eigenvalue weighted by Crippen LogP contribution is -2.48. The number of benzene rings is 1. The maximum absolute atomic E-state index is 12.8. The van der Waals surface area contributed by atoms with Gasteiger partial charge in [-0.25, -0.2) is 0 Å². The summed E-state index contributed by atoms with van der Waals surface area (Å²) in [5.74, 6) is -0.650. The largest absolute Gasteiger partial charge is 0.481 e. The summed E-state index contributed by atoms with van der Waals surface area (Å²) in [4.78, 5) is 28.3. The number of amides is 1. The molecular formula is C20H24N2O4. The van der Waals surface area contributed by atoms with Crippen LogP contribution in [0.3, 0.4) is 0 Å². The van der Waals surface area contributed by atoms with E-state index in [1.165, 1.54) is 0 Å². The first-order valence-corrected chi connectivity index (χ1v) is 9.31. The summed E-state index contributed by atoms with van der Waals surface area (Å²) in [7, 11) is 0. The van der Waals surface area contributed by atoms with Crippen molar-refractivity contribution in [3.8, 4) is 0 Å². The number of carbonyl (C=O) groups excluding carboxylic acids is 1. The highest BCUT2D eigenvalue weighted by Crippen LogP contribution is 2.28. The van der Waals surface area contributed by atoms with Gasteiger partial charge in [0.15, 0.2) is 0 Å². The summed E-state index contributed by atoms with van der Waals surface area (Å²) in [5.41, 5.74) is 0.832. The number of nitrogens with zero attached hydrogens (tertiary/aromatic N) is 2. The second-order valence-corrected chi connectivity index (χ2v) is 7.44. The topological polar surface area (TPSA) is 74.0 Å². The molecule has 2 aliphatic heterocycles. The van der Waals surface area contributed by atoms with Crippen molar-refractivity contribution >= 4 is 22.8 Å². The van der Waals surface area contributed by atoms with Crippen LogP contribution in [0.25, 0.3) is 11.0 Å². The van der Waals surface area contributed by atoms with Crippen LogP contribution in [0, 0.1) is 11.8 Å². The van der Waals surface area contributed by atoms with Gasteiger partial charge in [0.1, 0.15) is 11.3 Å². The maximum atomic E-state index is 12.8. The number of furan rings is 1. The van der Waals surface area contributed by atoms with Crippen molar-refractivity contribution in [2.75, 3.05) is 26.2 Å². The smallest absolute Gasteiger partial charge is 0.307 e. The zero-order valence-electron chi connectivity index (χ0n) is 14.8. The average Bonchev–Trinajstić information content (AvgIpc) is 3.30. The van der Waals surface area contributed by atoms with E-state index in [2.05, 4.69) is 4.90 Å². The van der Waals surface area contributed by atoms with Crippen LogP contribution in [-0.2, 0) is 16.1 Å². The van der Waals surface area contributed by atoms with Crippen molar-refractivity contribution in [2.45, 2.75) is 25.8 Å². The van der Waals surface area contributed by atoms with Gasteiger partial charge in [-0.15, -0.1) is 0 Å². The molecule has 0 radical (unpaired) electrons. The van der Waals surface area contributed by atoms with Gasteiger partial charge in [0.2, 0.25) is 5.91 Å². The van der Waals surface area contributed by atoms with Gasteiger partial charge in [-0.2, -0.15) is 0 Å². The fourth-order valence-corrected chi connectivity index (χ4v) is 4.21. The number of likely N-dealkylation sites (tertiary alicyclic amines) is 2. The quantitative estimate of drug-likeness (QED) is 0.911. The van der Waals surface area contributed by atoms with Crippen LogP contribution in [0.1, 0.15) is 25.0 Å². The number of carboxylic acid groups (broad SMARTS) is 1. The summed E-state index contributed by atoms with van der Waals surface area (Å²) >= 11 is 0. The van der Waals surface area contributed by atoms with Crippen molar-refractivity contribution in [1.82, 2.24) is 9.80 Å². The lowest BCUT2D eigenvalue weighted by molar-refractivity contribution is -0.147. The van der Waals surface area contributed by atoms with Gasteiger partial charge in [-0.3, -0.25) is 14.5 Å². The van der Waals surface area contributed by atoms with Crippen molar-refractivity contribution in [2.24, 2.45) is 11.8 Å². The zero-order valence-corrected chi connectivity index (χ0v) is 14.8. The SMILES string of the molecule is O=C(O)[C@H]1C[C@H](C(=O)N2CCCC2)CN(Cc2cc3ccccc3o2)C1. The highest BCUT2D eigenvalue weighted by Gasteiger charge is 2.37. The Morgan fingerprint density at radius 3 is 2.58 bits per heavy atom. The molecule has 0 bridgehead atoms. The van der Waals surface area contributed by atoms with Gasteiger partial charge in [-0.1, -0.05) is 18.2 Å². The van der Waals surface area contributed by atoms with Gasteiger partial charge < -0.3 is 14.4 Å². The number of rotatable bonds is 4. The van der Waals surface area contributed by atoms with E-state index in [0.29, 0.717) is 26.1 Å². The molecule has 6 heteroatoms. The van der Waals surface area contributed by atoms with E-state index in [1.54, 1.807) is 0 Å². The van der Waals surface area contributed by atoms with Gasteiger partial charge in [0.25, 0.3) is 0 Å². The molecule has 2 atom stereocenters. The minimum Gasteiger partial charge on any atom is -0.481 e. The molecule has 1 N–H and O–H groups in total. The van der Waals surface area contributed by atoms with Crippen molar-refractivity contribution in [3.63, 3.8) is 0 Å². The molecule has 2 saturated heterocycles. The molecule has 2 fully saturated rings. The molecule has 1 aromatic carbocycles. The van der Waals surface area contributed by atoms with Gasteiger partial charge in [-0.05, 0) is 31.4 Å². The van der Waals surface area contributed by atoms with E-state index in [1.807, 2.05) is 35.2 Å². The highest BCUT2D eigenvalue weighted by atomic mass is 16.4. The second kappa shape index (κ2) is 7.11. The molecule has 4 rings (SSSR count). The van der Waals surface area contributed by atoms with Gasteiger partial charge in [0.05, 0.1) is 18.4 Å². The van der Waals surface area contributed by atoms with Crippen molar-refractivity contribution < 1.29 is 19.1 Å². The molecule has 0 saturated carbocycles. The Morgan fingerprint density at radius 1 is 1.12 bits per heavy atom. The number of hydrogen-bond donors (Lipinski definition) is 1. The Hall–Kier alpha value is -2.34. The predicted molar refractivity (Wildman–Crippen MR) is 96.5 cm³/mol. The van der Waals surface area contributed by atoms with Crippen molar-refractivity contribution in [1.29, 1.82) is 0 Å². The Labute approximate surface area is 152 Å². The van der Waals surface area contributed by atoms with Gasteiger partial charge >= 0.3 is 5.97 Å². The first kappa shape index (κ1) is 17.1. The van der Waals surface area contributed by atoms with Crippen LogP contribution in [0.15, 0.2) is 34.7 Å². The lowest BCUT2D eigenvalue weighted by Gasteiger charge is -2.36. The third kappa shape index (κ3) is 3.46. The molecule has 138 valence electrons. The monoisotopic (exact) mass is 356 g/mol. The molecule has 26 heavy (non-hydrogen) atoms. The van der Waals surface area contributed by atoms with E-state index in [0.717, 1.165) is 42.7 Å². The first-order chi connectivity index (χ1) is 12.6. The molecule has 6 nitrogen and oxygen atoms in total. The van der Waals surface area contributed by atoms with Gasteiger partial charge in [0, 0.05) is 31.6 Å². The number of carboxylic acids is 1. The predicted octanol–water partition coefficient (Wildman–Crippen LogP) is 2.58. The summed E-state index contributed by atoms with van der Waals surface area (Å²) in [6.07, 6.45) is 2.52. The number of aliphatic carboxylic acids is 1.